The van der Waals surface area contributed by atoms with Gasteiger partial charge in [-0.05, 0) is 109 Å². The van der Waals surface area contributed by atoms with Crippen molar-refractivity contribution in [1.29, 1.82) is 0 Å². The summed E-state index contributed by atoms with van der Waals surface area (Å²) in [6.07, 6.45) is 18.5. The van der Waals surface area contributed by atoms with Crippen LogP contribution < -0.4 is 40.9 Å². The smallest absolute Gasteiger partial charge is 0.182 e. The van der Waals surface area contributed by atoms with Crippen LogP contribution in [0.25, 0.3) is 88.3 Å². The lowest BCUT2D eigenvalue weighted by Crippen LogP contribution is -2.45. The number of fused-ring (bicyclic) bond motifs is 8. The van der Waals surface area contributed by atoms with Crippen molar-refractivity contribution in [3.05, 3.63) is 194 Å². The number of piperazine rings is 2. The zero-order valence-corrected chi connectivity index (χ0v) is 63.5. The van der Waals surface area contributed by atoms with Gasteiger partial charge in [0.05, 0.1) is 65.5 Å². The van der Waals surface area contributed by atoms with Crippen LogP contribution in [0.5, 0.6) is 0 Å². The number of aromatic amines is 4. The van der Waals surface area contributed by atoms with Gasteiger partial charge in [-0.3, -0.25) is 0 Å². The van der Waals surface area contributed by atoms with Gasteiger partial charge in [-0.1, -0.05) is 79.7 Å². The molecule has 4 aromatic carbocycles. The maximum absolute atomic E-state index is 5.05. The number of rotatable bonds is 17. The highest BCUT2D eigenvalue weighted by Crippen LogP contribution is 2.38. The Morgan fingerprint density at radius 1 is 0.348 bits per heavy atom. The summed E-state index contributed by atoms with van der Waals surface area (Å²) in [6, 6.07) is 42.3. The van der Waals surface area contributed by atoms with Gasteiger partial charge in [-0.2, -0.15) is 0 Å². The number of nitrogens with one attached hydrogen (secondary N) is 8. The fraction of sp³-hybridized carbons (Fsp3) is 0.317. The number of anilines is 8. The second kappa shape index (κ2) is 32.7. The van der Waals surface area contributed by atoms with Crippen LogP contribution in [-0.4, -0.2) is 202 Å². The number of hydrogen-bond acceptors (Lipinski definition) is 26. The maximum Gasteiger partial charge on any atom is 0.182 e. The minimum Gasteiger partial charge on any atom is -0.364 e. The van der Waals surface area contributed by atoms with Gasteiger partial charge in [0.2, 0.25) is 0 Å². The first kappa shape index (κ1) is 71.9. The van der Waals surface area contributed by atoms with E-state index in [9.17, 15) is 0 Å². The Kier molecular flexibility index (Phi) is 21.0. The predicted octanol–water partition coefficient (Wildman–Crippen LogP) is 12.8. The van der Waals surface area contributed by atoms with E-state index in [0.29, 0.717) is 29.1 Å². The number of H-pyrrole nitrogens is 4. The van der Waals surface area contributed by atoms with E-state index < -0.39 is 0 Å². The lowest BCUT2D eigenvalue weighted by atomic mass is 10.0. The van der Waals surface area contributed by atoms with Gasteiger partial charge in [-0.25, -0.2) is 79.7 Å². The molecule has 0 amide bonds. The van der Waals surface area contributed by atoms with Crippen molar-refractivity contribution in [3.8, 4) is 0 Å². The minimum absolute atomic E-state index is 0.0168. The number of para-hydroxylation sites is 4. The van der Waals surface area contributed by atoms with Gasteiger partial charge in [0.25, 0.3) is 0 Å². The second-order valence-corrected chi connectivity index (χ2v) is 28.9. The largest absolute Gasteiger partial charge is 0.364 e. The summed E-state index contributed by atoms with van der Waals surface area (Å²) < 4.78 is 0. The minimum atomic E-state index is 0.0168. The van der Waals surface area contributed by atoms with Gasteiger partial charge in [0.1, 0.15) is 70.6 Å². The van der Waals surface area contributed by atoms with Crippen LogP contribution in [0.1, 0.15) is 93.3 Å². The fourth-order valence-corrected chi connectivity index (χ4v) is 15.3. The zero-order valence-electron chi connectivity index (χ0n) is 63.5. The molecule has 16 heterocycles. The molecule has 0 bridgehead atoms. The Balaban J connectivity index is 0.000000108. The Labute approximate surface area is 646 Å². The highest BCUT2D eigenvalue weighted by Gasteiger charge is 2.28. The van der Waals surface area contributed by atoms with Crippen molar-refractivity contribution in [2.75, 3.05) is 133 Å². The number of likely N-dealkylation sites (N-methyl/N-ethyl adjacent to an activating group) is 2. The molecule has 8 N–H and O–H groups in total. The molecule has 30 heteroatoms. The quantitative estimate of drug-likeness (QED) is 0.0420. The number of aromatic nitrogens is 20. The van der Waals surface area contributed by atoms with E-state index >= 15 is 0 Å². The molecule has 4 saturated heterocycles. The van der Waals surface area contributed by atoms with Crippen molar-refractivity contribution in [3.63, 3.8) is 0 Å². The molecule has 3 atom stereocenters. The van der Waals surface area contributed by atoms with Gasteiger partial charge in [0, 0.05) is 129 Å². The first-order valence-electron chi connectivity index (χ1n) is 38.6. The highest BCUT2D eigenvalue weighted by molar-refractivity contribution is 5.89. The van der Waals surface area contributed by atoms with Crippen molar-refractivity contribution >= 4 is 135 Å². The van der Waals surface area contributed by atoms with Crippen LogP contribution in [0.3, 0.4) is 0 Å². The topological polar surface area (TPSA) is 337 Å². The number of nitrogens with zero attached hydrogens (tertiary/aromatic N) is 22. The molecule has 0 radical (unpaired) electrons. The first-order valence-corrected chi connectivity index (χ1v) is 38.6. The molecule has 0 saturated carbocycles. The van der Waals surface area contributed by atoms with Crippen molar-refractivity contribution in [2.24, 2.45) is 0 Å². The van der Waals surface area contributed by atoms with Crippen LogP contribution in [0.15, 0.2) is 172 Å². The Bertz CT molecular complexity index is 5910. The summed E-state index contributed by atoms with van der Waals surface area (Å²) in [5, 5.41) is 18.7. The lowest BCUT2D eigenvalue weighted by Gasteiger charge is -2.35. The molecule has 16 aromatic rings. The Hall–Kier alpha value is -13.0. The maximum atomic E-state index is 5.05. The third-order valence-electron chi connectivity index (χ3n) is 21.5. The summed E-state index contributed by atoms with van der Waals surface area (Å²) >= 11 is 0. The van der Waals surface area contributed by atoms with Crippen LogP contribution in [-0.2, 0) is 6.54 Å². The Morgan fingerprint density at radius 2 is 0.670 bits per heavy atom. The molecule has 3 unspecified atom stereocenters. The molecular weight excluding hydrogens is 1410 g/mol. The molecule has 30 nitrogen and oxygen atoms in total. The van der Waals surface area contributed by atoms with E-state index in [2.05, 4.69) is 262 Å². The average molecular weight is 1500 g/mol. The van der Waals surface area contributed by atoms with Crippen LogP contribution >= 0.6 is 0 Å². The third-order valence-corrected chi connectivity index (χ3v) is 21.5. The molecule has 20 rings (SSSR count). The normalized spacial score (nSPS) is 15.7. The molecule has 4 fully saturated rings. The van der Waals surface area contributed by atoms with E-state index in [0.717, 1.165) is 203 Å². The molecule has 12 aromatic heterocycles. The molecule has 0 aliphatic carbocycles. The number of hydrogen-bond donors (Lipinski definition) is 8. The van der Waals surface area contributed by atoms with Gasteiger partial charge in [-0.15, -0.1) is 0 Å². The van der Waals surface area contributed by atoms with E-state index in [1.54, 1.807) is 31.6 Å². The lowest BCUT2D eigenvalue weighted by molar-refractivity contribution is 0.312. The van der Waals surface area contributed by atoms with Gasteiger partial charge >= 0.3 is 0 Å². The summed E-state index contributed by atoms with van der Waals surface area (Å²) in [7, 11) is 4.33. The molecule has 0 spiro atoms. The molecule has 568 valence electrons. The van der Waals surface area contributed by atoms with E-state index in [1.807, 2.05) is 24.3 Å². The molecule has 4 aliphatic heterocycles. The summed E-state index contributed by atoms with van der Waals surface area (Å²) in [5.41, 5.74) is 14.8. The average Bonchev–Trinajstić information content (AvgIpc) is 0.877. The van der Waals surface area contributed by atoms with Gasteiger partial charge in [0.15, 0.2) is 45.9 Å². The number of benzene rings is 4. The first-order chi connectivity index (χ1) is 55.1. The monoisotopic (exact) mass is 1490 g/mol. The van der Waals surface area contributed by atoms with Crippen molar-refractivity contribution in [1.82, 2.24) is 109 Å². The van der Waals surface area contributed by atoms with Crippen LogP contribution in [0, 0.1) is 0 Å². The fourth-order valence-electron chi connectivity index (χ4n) is 15.3. The summed E-state index contributed by atoms with van der Waals surface area (Å²) in [5.74, 6) is 7.28. The number of imidazole rings is 4. The second-order valence-electron chi connectivity index (χ2n) is 28.9. The predicted molar refractivity (Wildman–Crippen MR) is 444 cm³/mol. The van der Waals surface area contributed by atoms with E-state index in [1.165, 1.54) is 61.4 Å². The Morgan fingerprint density at radius 3 is 1.07 bits per heavy atom. The SMILES string of the molecule is CC(Nc1ncnc2nc[nH]c12)c1cc2ccccc2nc1N1CCCC1.CC(Nc1ncnc2nc[nH]c12)c1cc2ccccc2nc1N1CCN(C)CC1.CCC(Nc1ncnc2nc[nH]c12)c1cc2ccccc2nc1N1CCCC1.CN1CCN(c2nc3ccccc3cc2CNc2ncnc3nc[nH]c23)CC1. The zero-order chi connectivity index (χ0) is 75.9. The van der Waals surface area contributed by atoms with E-state index in [-0.39, 0.29) is 18.1 Å². The standard InChI is InChI=1S/C21H24N8.C21H23N7.C20H22N8.C20H21N7/c1-14(26-20-18-19(23-12-22-18)24-13-25-20)16-11-15-5-3-4-6-17(15)27-21(16)29-9-7-28(2)8-10-29;1-2-16(26-20-18-19(23-12-22-18)24-13-25-20)15-11-14-7-3-4-8-17(14)27-21(15)28-9-5-6-10-28;1-27-6-8-28(9-7-27)20-15(10-14-4-2-3-5-16(14)26-20)11-21-18-17-19(23-12-22-17)25-13-24-18;1-13(25-19-17-18(22-11-21-17)23-12-24-19)15-10-14-6-2-3-7-16(14)26-20(15)27-8-4-5-9-27/h3-6,11-14H,7-10H2,1-2H3,(H2,22,23,24,25,26);3-4,7-8,11-13,16H,2,5-6,9-10H2,1H3,(H2,22,23,24,25,26);2-5,10,12-13H,6-9,11H2,1H3,(H2,21,22,23,24,25);2-3,6-7,10-13H,4-5,8-9H2,1H3,(H2,21,22,23,24,25). The van der Waals surface area contributed by atoms with Gasteiger partial charge < -0.3 is 70.6 Å². The molecular formula is C82H90N30. The van der Waals surface area contributed by atoms with Crippen LogP contribution in [0.2, 0.25) is 0 Å². The van der Waals surface area contributed by atoms with E-state index in [4.69, 9.17) is 19.9 Å². The van der Waals surface area contributed by atoms with Crippen molar-refractivity contribution in [2.45, 2.75) is 77.5 Å². The number of pyridine rings is 4. The van der Waals surface area contributed by atoms with Crippen LogP contribution in [0.4, 0.5) is 46.5 Å². The summed E-state index contributed by atoms with van der Waals surface area (Å²) in [4.78, 5) is 98.2. The molecule has 4 aliphatic rings. The third kappa shape index (κ3) is 15.5. The molecule has 112 heavy (non-hydrogen) atoms. The van der Waals surface area contributed by atoms with Crippen molar-refractivity contribution < 1.29 is 0 Å². The summed E-state index contributed by atoms with van der Waals surface area (Å²) in [6.45, 7) is 19.4. The highest BCUT2D eigenvalue weighted by atomic mass is 15.3.